The van der Waals surface area contributed by atoms with Crippen molar-refractivity contribution >= 4 is 5.91 Å². The Bertz CT molecular complexity index is 1040. The van der Waals surface area contributed by atoms with E-state index in [-0.39, 0.29) is 18.3 Å². The molecule has 0 aromatic heterocycles. The van der Waals surface area contributed by atoms with E-state index < -0.39 is 0 Å². The molecule has 1 amide bonds. The van der Waals surface area contributed by atoms with Crippen molar-refractivity contribution in [2.45, 2.75) is 31.6 Å². The van der Waals surface area contributed by atoms with Crippen molar-refractivity contribution in [3.63, 3.8) is 0 Å². The molecule has 0 radical (unpaired) electrons. The van der Waals surface area contributed by atoms with Crippen LogP contribution in [0.5, 0.6) is 23.0 Å². The SMILES string of the molecule is COc1cc2c(cc1OC)CC(=O)N(CCCN(C)C[C@H]1Cc3cc(OC)c(OC)cc31)CC2.[Cl-]. The lowest BCUT2D eigenvalue weighted by Crippen LogP contribution is -3.00. The number of halogens is 1. The molecule has 0 unspecified atom stereocenters. The van der Waals surface area contributed by atoms with Crippen LogP contribution in [0.15, 0.2) is 24.3 Å². The molecule has 7 nitrogen and oxygen atoms in total. The van der Waals surface area contributed by atoms with Crippen LogP contribution < -0.4 is 31.4 Å². The molecule has 8 heteroatoms. The van der Waals surface area contributed by atoms with Gasteiger partial charge in [0.2, 0.25) is 5.91 Å². The Balaban J connectivity index is 0.00000342. The van der Waals surface area contributed by atoms with Crippen LogP contribution in [0.1, 0.15) is 34.6 Å². The highest BCUT2D eigenvalue weighted by atomic mass is 35.5. The lowest BCUT2D eigenvalue weighted by molar-refractivity contribution is -0.130. The minimum Gasteiger partial charge on any atom is -1.00 e. The molecule has 0 spiro atoms. The summed E-state index contributed by atoms with van der Waals surface area (Å²) in [7, 11) is 8.79. The zero-order chi connectivity index (χ0) is 24.2. The number of likely N-dealkylation sites (N-methyl/N-ethyl adjacent to an activating group) is 1. The van der Waals surface area contributed by atoms with Gasteiger partial charge >= 0.3 is 0 Å². The highest BCUT2D eigenvalue weighted by Gasteiger charge is 2.29. The fraction of sp³-hybridized carbons (Fsp3) is 0.519. The maximum Gasteiger partial charge on any atom is 0.227 e. The Morgan fingerprint density at radius 3 is 2.09 bits per heavy atom. The van der Waals surface area contributed by atoms with Gasteiger partial charge in [0.1, 0.15) is 0 Å². The van der Waals surface area contributed by atoms with Crippen molar-refractivity contribution in [3.8, 4) is 23.0 Å². The predicted octanol–water partition coefficient (Wildman–Crippen LogP) is 0.314. The van der Waals surface area contributed by atoms with Crippen LogP contribution in [0, 0.1) is 0 Å². The Morgan fingerprint density at radius 1 is 0.886 bits per heavy atom. The number of benzene rings is 2. The van der Waals surface area contributed by atoms with Crippen molar-refractivity contribution in [2.75, 3.05) is 61.7 Å². The fourth-order valence-electron chi connectivity index (χ4n) is 5.15. The molecule has 0 saturated carbocycles. The first-order valence-electron chi connectivity index (χ1n) is 11.9. The molecule has 0 bridgehead atoms. The number of fused-ring (bicyclic) bond motifs is 2. The molecular formula is C27H36ClN2O5-. The zero-order valence-electron chi connectivity index (χ0n) is 21.4. The average molecular weight is 504 g/mol. The van der Waals surface area contributed by atoms with Crippen LogP contribution in [0.3, 0.4) is 0 Å². The first-order chi connectivity index (χ1) is 16.5. The number of amides is 1. The van der Waals surface area contributed by atoms with Gasteiger partial charge in [-0.3, -0.25) is 4.79 Å². The Kier molecular flexibility index (Phi) is 9.14. The number of nitrogens with zero attached hydrogens (tertiary/aromatic N) is 2. The molecule has 4 rings (SSSR count). The van der Waals surface area contributed by atoms with Crippen molar-refractivity contribution in [1.29, 1.82) is 0 Å². The number of hydrogen-bond donors (Lipinski definition) is 0. The van der Waals surface area contributed by atoms with Crippen LogP contribution in [-0.2, 0) is 24.1 Å². The Hall–Kier alpha value is -2.64. The molecule has 1 heterocycles. The number of methoxy groups -OCH3 is 4. The zero-order valence-corrected chi connectivity index (χ0v) is 22.1. The summed E-state index contributed by atoms with van der Waals surface area (Å²) in [4.78, 5) is 17.3. The van der Waals surface area contributed by atoms with E-state index in [1.807, 2.05) is 17.0 Å². The van der Waals surface area contributed by atoms with Gasteiger partial charge in [-0.2, -0.15) is 0 Å². The molecule has 1 aliphatic carbocycles. The van der Waals surface area contributed by atoms with E-state index in [0.717, 1.165) is 68.3 Å². The molecule has 0 fully saturated rings. The molecule has 192 valence electrons. The largest absolute Gasteiger partial charge is 1.00 e. The second-order valence-electron chi connectivity index (χ2n) is 9.21. The van der Waals surface area contributed by atoms with Gasteiger partial charge in [0, 0.05) is 25.6 Å². The van der Waals surface area contributed by atoms with Gasteiger partial charge in [-0.1, -0.05) is 0 Å². The molecule has 0 N–H and O–H groups in total. The van der Waals surface area contributed by atoms with Crippen LogP contribution >= 0.6 is 0 Å². The molecular weight excluding hydrogens is 468 g/mol. The van der Waals surface area contributed by atoms with E-state index in [1.165, 1.54) is 16.7 Å². The van der Waals surface area contributed by atoms with E-state index in [0.29, 0.717) is 18.1 Å². The smallest absolute Gasteiger partial charge is 0.227 e. The van der Waals surface area contributed by atoms with Gasteiger partial charge in [0.05, 0.1) is 34.9 Å². The summed E-state index contributed by atoms with van der Waals surface area (Å²) in [6.45, 7) is 3.47. The van der Waals surface area contributed by atoms with Crippen molar-refractivity contribution < 1.29 is 36.1 Å². The number of ether oxygens (including phenoxy) is 4. The summed E-state index contributed by atoms with van der Waals surface area (Å²) >= 11 is 0. The summed E-state index contributed by atoms with van der Waals surface area (Å²) < 4.78 is 21.7. The van der Waals surface area contributed by atoms with Crippen molar-refractivity contribution in [1.82, 2.24) is 9.80 Å². The fourth-order valence-corrected chi connectivity index (χ4v) is 5.15. The topological polar surface area (TPSA) is 60.5 Å². The molecule has 2 aliphatic rings. The first-order valence-corrected chi connectivity index (χ1v) is 11.9. The third-order valence-corrected chi connectivity index (χ3v) is 7.10. The van der Waals surface area contributed by atoms with Gasteiger partial charge in [-0.05, 0) is 79.4 Å². The third-order valence-electron chi connectivity index (χ3n) is 7.10. The number of carbonyl (C=O) groups excluding carboxylic acids is 1. The minimum atomic E-state index is 0. The van der Waals surface area contributed by atoms with Gasteiger partial charge in [-0.15, -0.1) is 0 Å². The minimum absolute atomic E-state index is 0. The maximum atomic E-state index is 12.9. The van der Waals surface area contributed by atoms with Gasteiger partial charge in [-0.25, -0.2) is 0 Å². The highest BCUT2D eigenvalue weighted by Crippen LogP contribution is 2.42. The Morgan fingerprint density at radius 2 is 1.46 bits per heavy atom. The summed E-state index contributed by atoms with van der Waals surface area (Å²) in [6, 6.07) is 8.18. The molecule has 2 aromatic carbocycles. The second kappa shape index (κ2) is 11.9. The van der Waals surface area contributed by atoms with Gasteiger partial charge < -0.3 is 41.2 Å². The normalized spacial score (nSPS) is 16.5. The number of hydrogen-bond acceptors (Lipinski definition) is 6. The molecule has 2 aromatic rings. The third kappa shape index (κ3) is 5.78. The first kappa shape index (κ1) is 27.0. The summed E-state index contributed by atoms with van der Waals surface area (Å²) in [6.07, 6.45) is 3.27. The lowest BCUT2D eigenvalue weighted by Gasteiger charge is -2.34. The Labute approximate surface area is 214 Å². The predicted molar refractivity (Wildman–Crippen MR) is 132 cm³/mol. The lowest BCUT2D eigenvalue weighted by atomic mass is 9.77. The van der Waals surface area contributed by atoms with Crippen molar-refractivity contribution in [3.05, 3.63) is 46.5 Å². The van der Waals surface area contributed by atoms with E-state index in [4.69, 9.17) is 18.9 Å². The molecule has 1 aliphatic heterocycles. The van der Waals surface area contributed by atoms with Crippen LogP contribution in [0.2, 0.25) is 0 Å². The monoisotopic (exact) mass is 503 g/mol. The van der Waals surface area contributed by atoms with Crippen molar-refractivity contribution in [2.24, 2.45) is 0 Å². The van der Waals surface area contributed by atoms with Crippen LogP contribution in [0.25, 0.3) is 0 Å². The molecule has 0 saturated heterocycles. The van der Waals surface area contributed by atoms with Gasteiger partial charge in [0.15, 0.2) is 23.0 Å². The van der Waals surface area contributed by atoms with E-state index >= 15 is 0 Å². The quantitative estimate of drug-likeness (QED) is 0.465. The standard InChI is InChI=1S/C27H36N2O5.ClH/c1-28(17-21-11-20-14-25(33-4)26(34-5)16-22(20)21)8-6-9-29-10-7-18-12-23(31-2)24(32-3)13-19(18)15-27(29)30;/h12-14,16,21H,6-11,15,17H2,1-5H3;1H/p-1/t21-;/m1./s1. The molecule has 35 heavy (non-hydrogen) atoms. The number of carbonyl (C=O) groups is 1. The second-order valence-corrected chi connectivity index (χ2v) is 9.21. The van der Waals surface area contributed by atoms with Gasteiger partial charge in [0.25, 0.3) is 0 Å². The van der Waals surface area contributed by atoms with Crippen LogP contribution in [0.4, 0.5) is 0 Å². The molecule has 1 atom stereocenters. The summed E-state index contributed by atoms with van der Waals surface area (Å²) in [5.41, 5.74) is 4.91. The van der Waals surface area contributed by atoms with Crippen LogP contribution in [-0.4, -0.2) is 77.4 Å². The van der Waals surface area contributed by atoms with E-state index in [1.54, 1.807) is 28.4 Å². The maximum absolute atomic E-state index is 12.9. The number of rotatable bonds is 10. The summed E-state index contributed by atoms with van der Waals surface area (Å²) in [5.74, 6) is 3.69. The van der Waals surface area contributed by atoms with E-state index in [9.17, 15) is 4.79 Å². The average Bonchev–Trinajstić information content (AvgIpc) is 2.98. The highest BCUT2D eigenvalue weighted by molar-refractivity contribution is 5.80. The van der Waals surface area contributed by atoms with E-state index in [2.05, 4.69) is 24.1 Å². The summed E-state index contributed by atoms with van der Waals surface area (Å²) in [5, 5.41) is 0.